The molecule has 0 fully saturated rings. The van der Waals surface area contributed by atoms with E-state index in [-0.39, 0.29) is 17.2 Å². The smallest absolute Gasteiger partial charge is 0.343 e. The van der Waals surface area contributed by atoms with Crippen molar-refractivity contribution in [2.24, 2.45) is 0 Å². The second kappa shape index (κ2) is 6.04. The quantitative estimate of drug-likeness (QED) is 0.642. The van der Waals surface area contributed by atoms with Gasteiger partial charge in [-0.1, -0.05) is 11.6 Å². The fourth-order valence-corrected chi connectivity index (χ4v) is 2.39. The Kier molecular flexibility index (Phi) is 3.91. The second-order valence-electron chi connectivity index (χ2n) is 5.35. The molecule has 1 aromatic carbocycles. The Hall–Kier alpha value is -3.35. The fraction of sp³-hybridized carbons (Fsp3) is 0.118. The zero-order valence-electron chi connectivity index (χ0n) is 13.1. The van der Waals surface area contributed by atoms with E-state index in [1.165, 1.54) is 19.4 Å². The number of amides is 1. The van der Waals surface area contributed by atoms with Gasteiger partial charge in [-0.05, 0) is 31.2 Å². The molecule has 0 saturated heterocycles. The highest BCUT2D eigenvalue weighted by Crippen LogP contribution is 2.18. The van der Waals surface area contributed by atoms with Crippen molar-refractivity contribution >= 4 is 28.5 Å². The van der Waals surface area contributed by atoms with Crippen LogP contribution in [0.5, 0.6) is 0 Å². The minimum Gasteiger partial charge on any atom is -0.465 e. The number of aromatic nitrogens is 2. The maximum atomic E-state index is 12.4. The summed E-state index contributed by atoms with van der Waals surface area (Å²) in [7, 11) is 1.18. The largest absolute Gasteiger partial charge is 0.465 e. The van der Waals surface area contributed by atoms with Gasteiger partial charge in [-0.25, -0.2) is 4.79 Å². The third-order valence-electron chi connectivity index (χ3n) is 3.59. The van der Waals surface area contributed by atoms with E-state index in [0.717, 1.165) is 16.5 Å². The maximum Gasteiger partial charge on any atom is 0.343 e. The molecule has 0 aliphatic carbocycles. The number of methoxy groups -OCH3 is 1. The lowest BCUT2D eigenvalue weighted by atomic mass is 10.2. The summed E-state index contributed by atoms with van der Waals surface area (Å²) in [5.74, 6) is -1.15. The summed E-state index contributed by atoms with van der Waals surface area (Å²) < 4.78 is 4.53. The topological polar surface area (TPSA) is 104 Å². The molecule has 0 bridgehead atoms. The number of anilines is 1. The number of hydrogen-bond donors (Lipinski definition) is 3. The van der Waals surface area contributed by atoms with E-state index in [1.807, 2.05) is 25.1 Å². The minimum absolute atomic E-state index is 0.178. The monoisotopic (exact) mass is 325 g/mol. The van der Waals surface area contributed by atoms with E-state index in [4.69, 9.17) is 0 Å². The standard InChI is InChI=1S/C17H15N3O4/c1-9-3-4-13-10(5-9)6-14(20-13)16(22)19-11-7-12(17(23)24-2)15(21)18-8-11/h3-8,20H,1-2H3,(H,18,21)(H,19,22). The molecule has 7 heteroatoms. The fourth-order valence-electron chi connectivity index (χ4n) is 2.39. The van der Waals surface area contributed by atoms with Crippen LogP contribution in [0.4, 0.5) is 5.69 Å². The lowest BCUT2D eigenvalue weighted by Crippen LogP contribution is -2.20. The SMILES string of the molecule is COC(=O)c1cc(NC(=O)c2cc3cc(C)ccc3[nH]2)c[nH]c1=O. The second-order valence-corrected chi connectivity index (χ2v) is 5.35. The van der Waals surface area contributed by atoms with Crippen LogP contribution in [0.3, 0.4) is 0 Å². The molecule has 0 aliphatic heterocycles. The van der Waals surface area contributed by atoms with Gasteiger partial charge in [0.15, 0.2) is 0 Å². The molecule has 7 nitrogen and oxygen atoms in total. The Bertz CT molecular complexity index is 1000. The van der Waals surface area contributed by atoms with Gasteiger partial charge in [0.2, 0.25) is 0 Å². The summed E-state index contributed by atoms with van der Waals surface area (Å²) in [6.07, 6.45) is 1.32. The highest BCUT2D eigenvalue weighted by Gasteiger charge is 2.14. The predicted molar refractivity (Wildman–Crippen MR) is 89.4 cm³/mol. The van der Waals surface area contributed by atoms with Crippen molar-refractivity contribution in [3.05, 3.63) is 63.7 Å². The molecule has 0 atom stereocenters. The zero-order chi connectivity index (χ0) is 17.3. The first kappa shape index (κ1) is 15.5. The van der Waals surface area contributed by atoms with E-state index in [1.54, 1.807) is 6.07 Å². The number of H-pyrrole nitrogens is 2. The molecule has 3 aromatic rings. The number of fused-ring (bicyclic) bond motifs is 1. The molecular formula is C17H15N3O4. The van der Waals surface area contributed by atoms with Gasteiger partial charge in [0.25, 0.3) is 11.5 Å². The van der Waals surface area contributed by atoms with E-state index >= 15 is 0 Å². The molecule has 0 aliphatic rings. The lowest BCUT2D eigenvalue weighted by Gasteiger charge is -2.05. The van der Waals surface area contributed by atoms with Crippen molar-refractivity contribution in [1.82, 2.24) is 9.97 Å². The first-order valence-corrected chi connectivity index (χ1v) is 7.19. The van der Waals surface area contributed by atoms with Gasteiger partial charge in [-0.15, -0.1) is 0 Å². The molecule has 0 spiro atoms. The molecule has 0 radical (unpaired) electrons. The molecule has 122 valence electrons. The van der Waals surface area contributed by atoms with Gasteiger partial charge in [0.1, 0.15) is 11.3 Å². The van der Waals surface area contributed by atoms with E-state index < -0.39 is 11.5 Å². The molecule has 0 saturated carbocycles. The molecule has 2 aromatic heterocycles. The summed E-state index contributed by atoms with van der Waals surface area (Å²) in [5.41, 5.74) is 1.85. The number of benzene rings is 1. The number of esters is 1. The van der Waals surface area contributed by atoms with Crippen LogP contribution in [-0.4, -0.2) is 29.0 Å². The highest BCUT2D eigenvalue weighted by molar-refractivity contribution is 6.06. The van der Waals surface area contributed by atoms with Crippen LogP contribution in [0.15, 0.2) is 41.3 Å². The maximum absolute atomic E-state index is 12.4. The molecule has 3 N–H and O–H groups in total. The lowest BCUT2D eigenvalue weighted by molar-refractivity contribution is 0.0598. The number of aryl methyl sites for hydroxylation is 1. The number of ether oxygens (including phenoxy) is 1. The highest BCUT2D eigenvalue weighted by atomic mass is 16.5. The Balaban J connectivity index is 1.88. The van der Waals surface area contributed by atoms with Crippen molar-refractivity contribution in [2.75, 3.05) is 12.4 Å². The van der Waals surface area contributed by atoms with E-state index in [0.29, 0.717) is 5.69 Å². The van der Waals surface area contributed by atoms with Crippen molar-refractivity contribution in [2.45, 2.75) is 6.92 Å². The number of nitrogens with one attached hydrogen (secondary N) is 3. The Labute approximate surface area is 136 Å². The number of carbonyl (C=O) groups excluding carboxylic acids is 2. The molecule has 1 amide bonds. The average molecular weight is 325 g/mol. The molecule has 2 heterocycles. The third kappa shape index (κ3) is 2.91. The summed E-state index contributed by atoms with van der Waals surface area (Å²) in [5, 5.41) is 3.56. The first-order valence-electron chi connectivity index (χ1n) is 7.19. The minimum atomic E-state index is -0.770. The van der Waals surface area contributed by atoms with Crippen molar-refractivity contribution in [1.29, 1.82) is 0 Å². The van der Waals surface area contributed by atoms with Crippen LogP contribution in [0.25, 0.3) is 10.9 Å². The van der Waals surface area contributed by atoms with E-state index in [9.17, 15) is 14.4 Å². The Morgan fingerprint density at radius 2 is 1.96 bits per heavy atom. The van der Waals surface area contributed by atoms with Gasteiger partial charge in [0.05, 0.1) is 12.8 Å². The summed E-state index contributed by atoms with van der Waals surface area (Å²) >= 11 is 0. The van der Waals surface area contributed by atoms with Crippen LogP contribution < -0.4 is 10.9 Å². The van der Waals surface area contributed by atoms with Crippen LogP contribution in [-0.2, 0) is 4.74 Å². The summed E-state index contributed by atoms with van der Waals surface area (Å²) in [6, 6.07) is 8.83. The predicted octanol–water partition coefficient (Wildman–Crippen LogP) is 2.20. The van der Waals surface area contributed by atoms with Gasteiger partial charge in [-0.2, -0.15) is 0 Å². The summed E-state index contributed by atoms with van der Waals surface area (Å²) in [4.78, 5) is 40.9. The third-order valence-corrected chi connectivity index (χ3v) is 3.59. The number of pyridine rings is 1. The summed E-state index contributed by atoms with van der Waals surface area (Å²) in [6.45, 7) is 1.97. The molecule has 24 heavy (non-hydrogen) atoms. The Morgan fingerprint density at radius 1 is 1.17 bits per heavy atom. The normalized spacial score (nSPS) is 10.6. The number of carbonyl (C=O) groups is 2. The zero-order valence-corrected chi connectivity index (χ0v) is 13.1. The Morgan fingerprint density at radius 3 is 2.71 bits per heavy atom. The number of rotatable bonds is 3. The van der Waals surface area contributed by atoms with E-state index in [2.05, 4.69) is 20.0 Å². The van der Waals surface area contributed by atoms with Crippen LogP contribution >= 0.6 is 0 Å². The molecule has 0 unspecified atom stereocenters. The van der Waals surface area contributed by atoms with Gasteiger partial charge < -0.3 is 20.0 Å². The van der Waals surface area contributed by atoms with Gasteiger partial charge in [-0.3, -0.25) is 9.59 Å². The first-order chi connectivity index (χ1) is 11.5. The van der Waals surface area contributed by atoms with Crippen LogP contribution in [0.1, 0.15) is 26.4 Å². The van der Waals surface area contributed by atoms with Gasteiger partial charge in [0, 0.05) is 17.1 Å². The average Bonchev–Trinajstić information content (AvgIpc) is 2.99. The molecular weight excluding hydrogens is 310 g/mol. The van der Waals surface area contributed by atoms with Gasteiger partial charge >= 0.3 is 5.97 Å². The van der Waals surface area contributed by atoms with Crippen molar-refractivity contribution in [3.63, 3.8) is 0 Å². The van der Waals surface area contributed by atoms with Crippen LogP contribution in [0.2, 0.25) is 0 Å². The van der Waals surface area contributed by atoms with Crippen LogP contribution in [0, 0.1) is 6.92 Å². The number of hydrogen-bond acceptors (Lipinski definition) is 4. The van der Waals surface area contributed by atoms with Crippen molar-refractivity contribution in [3.8, 4) is 0 Å². The number of aromatic amines is 2. The molecule has 3 rings (SSSR count). The van der Waals surface area contributed by atoms with Crippen molar-refractivity contribution < 1.29 is 14.3 Å².